The van der Waals surface area contributed by atoms with E-state index in [1.807, 2.05) is 13.8 Å². The molecule has 3 atom stereocenters. The average Bonchev–Trinajstić information content (AvgIpc) is 2.90. The number of Topliss-reactive ketones (excluding diaryl/α,β-unsaturated/α-hetero) is 2. The Morgan fingerprint density at radius 3 is 2.39 bits per heavy atom. The first kappa shape index (κ1) is 27.9. The molecule has 2 amide bonds. The Bertz CT molecular complexity index is 1550. The summed E-state index contributed by atoms with van der Waals surface area (Å²) in [6.45, 7) is 4.13. The van der Waals surface area contributed by atoms with E-state index in [1.165, 1.54) is 6.07 Å². The largest absolute Gasteiger partial charge is 0.508 e. The topological polar surface area (TPSA) is 196 Å². The number of aromatic hydroxyl groups is 1. The number of hydrogen-bond acceptors (Lipinski definition) is 9. The van der Waals surface area contributed by atoms with E-state index in [2.05, 4.69) is 5.32 Å². The number of aliphatic hydroxyl groups is 3. The smallest absolute Gasteiger partial charge is 0.411 e. The van der Waals surface area contributed by atoms with E-state index in [4.69, 9.17) is 10.5 Å². The van der Waals surface area contributed by atoms with Crippen molar-refractivity contribution in [1.82, 2.24) is 0 Å². The van der Waals surface area contributed by atoms with Crippen LogP contribution >= 0.6 is 0 Å². The predicted molar refractivity (Wildman–Crippen MR) is 147 cm³/mol. The van der Waals surface area contributed by atoms with Crippen molar-refractivity contribution in [2.24, 2.45) is 23.5 Å². The molecular formula is C30H30N2O9. The zero-order chi connectivity index (χ0) is 29.8. The summed E-state index contributed by atoms with van der Waals surface area (Å²) in [5.41, 5.74) is 4.00. The monoisotopic (exact) mass is 562 g/mol. The molecule has 3 aliphatic carbocycles. The Balaban J connectivity index is 1.52. The van der Waals surface area contributed by atoms with Crippen LogP contribution in [-0.4, -0.2) is 56.2 Å². The van der Waals surface area contributed by atoms with Gasteiger partial charge in [0.15, 0.2) is 11.4 Å². The van der Waals surface area contributed by atoms with Crippen molar-refractivity contribution in [2.45, 2.75) is 38.7 Å². The predicted octanol–water partition coefficient (Wildman–Crippen LogP) is 3.30. The number of carbonyl (C=O) groups excluding carboxylic acids is 4. The molecule has 3 aliphatic rings. The lowest BCUT2D eigenvalue weighted by Crippen LogP contribution is -2.58. The number of anilines is 1. The van der Waals surface area contributed by atoms with E-state index in [0.717, 1.165) is 0 Å². The van der Waals surface area contributed by atoms with Gasteiger partial charge in [-0.2, -0.15) is 0 Å². The fraction of sp³-hybridized carbons (Fsp3) is 0.333. The van der Waals surface area contributed by atoms with Gasteiger partial charge in [-0.05, 0) is 59.6 Å². The van der Waals surface area contributed by atoms with Crippen molar-refractivity contribution in [3.05, 3.63) is 64.4 Å². The number of phenols is 1. The summed E-state index contributed by atoms with van der Waals surface area (Å²) in [6.07, 6.45) is -0.745. The summed E-state index contributed by atoms with van der Waals surface area (Å²) in [7, 11) is 0. The Morgan fingerprint density at radius 2 is 1.76 bits per heavy atom. The molecule has 214 valence electrons. The van der Waals surface area contributed by atoms with Crippen LogP contribution in [0.5, 0.6) is 5.75 Å². The number of hydrogen-bond donors (Lipinski definition) is 6. The third-order valence-corrected chi connectivity index (χ3v) is 7.94. The third kappa shape index (κ3) is 4.51. The van der Waals surface area contributed by atoms with Crippen LogP contribution in [-0.2, 0) is 25.5 Å². The second-order valence-electron chi connectivity index (χ2n) is 11.1. The quantitative estimate of drug-likeness (QED) is 0.296. The van der Waals surface area contributed by atoms with E-state index < -0.39 is 58.1 Å². The number of ether oxygens (including phenoxy) is 1. The Labute approximate surface area is 234 Å². The van der Waals surface area contributed by atoms with Crippen LogP contribution in [0.2, 0.25) is 0 Å². The molecule has 0 saturated heterocycles. The summed E-state index contributed by atoms with van der Waals surface area (Å²) in [5, 5.41) is 46.7. The lowest BCUT2D eigenvalue weighted by atomic mass is 9.59. The zero-order valence-corrected chi connectivity index (χ0v) is 22.4. The van der Waals surface area contributed by atoms with Crippen molar-refractivity contribution in [3.63, 3.8) is 0 Å². The van der Waals surface area contributed by atoms with Gasteiger partial charge < -0.3 is 30.9 Å². The molecule has 0 bridgehead atoms. The van der Waals surface area contributed by atoms with Gasteiger partial charge in [0, 0.05) is 23.6 Å². The van der Waals surface area contributed by atoms with Crippen LogP contribution in [0.4, 0.5) is 10.5 Å². The molecule has 41 heavy (non-hydrogen) atoms. The van der Waals surface area contributed by atoms with Gasteiger partial charge in [-0.3, -0.25) is 19.7 Å². The van der Waals surface area contributed by atoms with Gasteiger partial charge in [0.1, 0.15) is 22.8 Å². The fourth-order valence-electron chi connectivity index (χ4n) is 6.02. The lowest BCUT2D eigenvalue weighted by Gasteiger charge is -2.46. The number of primary amides is 1. The maximum absolute atomic E-state index is 13.6. The van der Waals surface area contributed by atoms with E-state index in [0.29, 0.717) is 22.4 Å². The van der Waals surface area contributed by atoms with Crippen LogP contribution in [0.15, 0.2) is 53.3 Å². The molecule has 0 heterocycles. The highest BCUT2D eigenvalue weighted by Gasteiger charge is 2.60. The van der Waals surface area contributed by atoms with Gasteiger partial charge in [-0.25, -0.2) is 4.79 Å². The van der Waals surface area contributed by atoms with Crippen LogP contribution in [0.1, 0.15) is 37.8 Å². The standard InChI is InChI=1S/C30H30N2O9/c1-13(2)12-41-29(39)32-17-5-3-14(4-6-17)18-7-8-20(33)23-19(18)10-15-9-16-11-21(34)24(28(31)38)27(37)30(16,40)26(36)22(15)25(23)35/h3-8,13,15-16,33,35,37,40H,9-12H2,1-2H3,(H2,31,38)(H,32,39). The fourth-order valence-corrected chi connectivity index (χ4v) is 6.02. The van der Waals surface area contributed by atoms with Gasteiger partial charge in [0.2, 0.25) is 5.78 Å². The number of fused-ring (bicyclic) bond motifs is 3. The molecule has 0 aliphatic heterocycles. The molecule has 2 aromatic carbocycles. The van der Waals surface area contributed by atoms with Gasteiger partial charge in [-0.15, -0.1) is 0 Å². The minimum atomic E-state index is -2.61. The zero-order valence-electron chi connectivity index (χ0n) is 22.4. The number of nitrogens with two attached hydrogens (primary N) is 1. The number of amides is 2. The highest BCUT2D eigenvalue weighted by molar-refractivity contribution is 6.22. The molecule has 0 spiro atoms. The van der Waals surface area contributed by atoms with Crippen molar-refractivity contribution < 1.29 is 44.3 Å². The highest BCUT2D eigenvalue weighted by atomic mass is 16.5. The Kier molecular flexibility index (Phi) is 6.86. The molecule has 7 N–H and O–H groups in total. The Hall–Kier alpha value is -4.64. The number of nitrogens with one attached hydrogen (secondary N) is 1. The molecular weight excluding hydrogens is 532 g/mol. The number of benzene rings is 2. The maximum atomic E-state index is 13.6. The molecule has 2 aromatic rings. The van der Waals surface area contributed by atoms with Crippen LogP contribution in [0.25, 0.3) is 16.9 Å². The maximum Gasteiger partial charge on any atom is 0.411 e. The van der Waals surface area contributed by atoms with Crippen molar-refractivity contribution in [2.75, 3.05) is 11.9 Å². The number of ketones is 2. The molecule has 11 heteroatoms. The van der Waals surface area contributed by atoms with Crippen LogP contribution in [0.3, 0.4) is 0 Å². The van der Waals surface area contributed by atoms with E-state index in [-0.39, 0.29) is 48.7 Å². The highest BCUT2D eigenvalue weighted by Crippen LogP contribution is 2.53. The van der Waals surface area contributed by atoms with Gasteiger partial charge in [0.05, 0.1) is 12.2 Å². The first-order valence-electron chi connectivity index (χ1n) is 13.2. The molecule has 11 nitrogen and oxygen atoms in total. The molecule has 0 aromatic heterocycles. The molecule has 1 saturated carbocycles. The number of phenolic OH excluding ortho intramolecular Hbond substituents is 1. The van der Waals surface area contributed by atoms with Gasteiger partial charge in [0.25, 0.3) is 5.91 Å². The summed E-state index contributed by atoms with van der Waals surface area (Å²) >= 11 is 0. The molecule has 3 unspecified atom stereocenters. The lowest BCUT2D eigenvalue weighted by molar-refractivity contribution is -0.147. The van der Waals surface area contributed by atoms with Gasteiger partial charge in [-0.1, -0.05) is 32.0 Å². The number of rotatable bonds is 5. The summed E-state index contributed by atoms with van der Waals surface area (Å²) in [5.74, 6) is -6.54. The first-order valence-corrected chi connectivity index (χ1v) is 13.2. The minimum absolute atomic E-state index is 0.00842. The SMILES string of the molecule is CC(C)COC(=O)Nc1ccc(-c2ccc(O)c3c2CC2CC4CC(=O)C(C(N)=O)=C(O)C4(O)C(=O)C2=C3O)cc1. The van der Waals surface area contributed by atoms with Crippen LogP contribution < -0.4 is 11.1 Å². The average molecular weight is 563 g/mol. The summed E-state index contributed by atoms with van der Waals surface area (Å²) < 4.78 is 5.14. The van der Waals surface area contributed by atoms with E-state index >= 15 is 0 Å². The van der Waals surface area contributed by atoms with Crippen molar-refractivity contribution in [1.29, 1.82) is 0 Å². The summed E-state index contributed by atoms with van der Waals surface area (Å²) in [4.78, 5) is 50.0. The molecule has 1 fully saturated rings. The summed E-state index contributed by atoms with van der Waals surface area (Å²) in [6, 6.07) is 9.90. The second kappa shape index (κ2) is 10.1. The molecule has 5 rings (SSSR count). The van der Waals surface area contributed by atoms with Gasteiger partial charge >= 0.3 is 6.09 Å². The normalized spacial score (nSPS) is 23.6. The molecule has 0 radical (unpaired) electrons. The van der Waals surface area contributed by atoms with Crippen LogP contribution in [0, 0.1) is 17.8 Å². The number of carbonyl (C=O) groups is 4. The second-order valence-corrected chi connectivity index (χ2v) is 11.1. The van der Waals surface area contributed by atoms with E-state index in [9.17, 15) is 39.6 Å². The van der Waals surface area contributed by atoms with Crippen molar-refractivity contribution >= 4 is 35.0 Å². The third-order valence-electron chi connectivity index (χ3n) is 7.94. The van der Waals surface area contributed by atoms with Crippen molar-refractivity contribution in [3.8, 4) is 16.9 Å². The first-order chi connectivity index (χ1) is 19.3. The Morgan fingerprint density at radius 1 is 1.07 bits per heavy atom. The minimum Gasteiger partial charge on any atom is -0.508 e. The van der Waals surface area contributed by atoms with E-state index in [1.54, 1.807) is 30.3 Å². The number of aliphatic hydroxyl groups excluding tert-OH is 2.